The van der Waals surface area contributed by atoms with E-state index in [4.69, 9.17) is 0 Å². The van der Waals surface area contributed by atoms with Gasteiger partial charge in [-0.2, -0.15) is 0 Å². The normalized spacial score (nSPS) is 15.2. The van der Waals surface area contributed by atoms with Crippen molar-refractivity contribution in [2.75, 3.05) is 44.6 Å². The highest BCUT2D eigenvalue weighted by Crippen LogP contribution is 2.18. The first-order valence-corrected chi connectivity index (χ1v) is 9.25. The van der Waals surface area contributed by atoms with Gasteiger partial charge < -0.3 is 20.4 Å². The predicted octanol–water partition coefficient (Wildman–Crippen LogP) is 2.39. The molecule has 25 heavy (non-hydrogen) atoms. The van der Waals surface area contributed by atoms with Gasteiger partial charge in [-0.1, -0.05) is 32.0 Å². The van der Waals surface area contributed by atoms with E-state index in [1.54, 1.807) is 4.90 Å². The number of urea groups is 1. The Balaban J connectivity index is 1.70. The molecule has 1 aromatic rings. The summed E-state index contributed by atoms with van der Waals surface area (Å²) in [4.78, 5) is 28.6. The number of carbonyl (C=O) groups is 2. The van der Waals surface area contributed by atoms with Crippen LogP contribution >= 0.6 is 0 Å². The summed E-state index contributed by atoms with van der Waals surface area (Å²) in [6.45, 7) is 9.07. The largest absolute Gasteiger partial charge is 0.355 e. The van der Waals surface area contributed by atoms with E-state index < -0.39 is 0 Å². The van der Waals surface area contributed by atoms with Crippen LogP contribution in [0.2, 0.25) is 0 Å². The van der Waals surface area contributed by atoms with Gasteiger partial charge in [-0.25, -0.2) is 4.79 Å². The second kappa shape index (κ2) is 10.0. The molecule has 0 bridgehead atoms. The van der Waals surface area contributed by atoms with E-state index in [1.807, 2.05) is 30.3 Å². The molecule has 3 amide bonds. The van der Waals surface area contributed by atoms with E-state index in [-0.39, 0.29) is 17.9 Å². The molecule has 1 aliphatic heterocycles. The van der Waals surface area contributed by atoms with Gasteiger partial charge in [0.25, 0.3) is 0 Å². The van der Waals surface area contributed by atoms with E-state index in [0.29, 0.717) is 19.6 Å². The summed E-state index contributed by atoms with van der Waals surface area (Å²) in [5.41, 5.74) is 0.795. The van der Waals surface area contributed by atoms with Gasteiger partial charge in [-0.05, 0) is 38.1 Å². The van der Waals surface area contributed by atoms with Crippen LogP contribution in [-0.4, -0.2) is 61.0 Å². The Kier molecular flexibility index (Phi) is 7.73. The van der Waals surface area contributed by atoms with Crippen molar-refractivity contribution in [3.8, 4) is 0 Å². The molecule has 6 nitrogen and oxygen atoms in total. The fraction of sp³-hybridized carbons (Fsp3) is 0.579. The van der Waals surface area contributed by atoms with Crippen LogP contribution in [0.1, 0.15) is 26.7 Å². The lowest BCUT2D eigenvalue weighted by atomic mass is 9.96. The summed E-state index contributed by atoms with van der Waals surface area (Å²) in [6, 6.07) is 9.35. The van der Waals surface area contributed by atoms with E-state index in [1.165, 1.54) is 0 Å². The molecule has 0 spiro atoms. The third-order valence-corrected chi connectivity index (χ3v) is 4.80. The van der Waals surface area contributed by atoms with Crippen molar-refractivity contribution in [2.45, 2.75) is 26.7 Å². The zero-order valence-corrected chi connectivity index (χ0v) is 15.3. The van der Waals surface area contributed by atoms with Crippen molar-refractivity contribution in [1.29, 1.82) is 0 Å². The summed E-state index contributed by atoms with van der Waals surface area (Å²) < 4.78 is 0. The molecular weight excluding hydrogens is 316 g/mol. The highest BCUT2D eigenvalue weighted by atomic mass is 16.2. The smallest absolute Gasteiger partial charge is 0.321 e. The van der Waals surface area contributed by atoms with Crippen molar-refractivity contribution in [1.82, 2.24) is 15.1 Å². The number of nitrogens with zero attached hydrogens (tertiary/aromatic N) is 2. The number of amides is 3. The van der Waals surface area contributed by atoms with Gasteiger partial charge in [0, 0.05) is 37.8 Å². The maximum atomic E-state index is 12.3. The molecule has 1 aromatic carbocycles. The molecular formula is C19H30N4O2. The summed E-state index contributed by atoms with van der Waals surface area (Å²) in [5, 5.41) is 5.93. The summed E-state index contributed by atoms with van der Waals surface area (Å²) in [7, 11) is 0. The quantitative estimate of drug-likeness (QED) is 0.797. The zero-order valence-electron chi connectivity index (χ0n) is 15.3. The Labute approximate surface area is 150 Å². The number of hydrogen-bond acceptors (Lipinski definition) is 3. The van der Waals surface area contributed by atoms with Crippen LogP contribution in [-0.2, 0) is 4.79 Å². The van der Waals surface area contributed by atoms with E-state index in [9.17, 15) is 9.59 Å². The second-order valence-electron chi connectivity index (χ2n) is 6.38. The third kappa shape index (κ3) is 6.05. The lowest BCUT2D eigenvalue weighted by Gasteiger charge is -2.31. The van der Waals surface area contributed by atoms with Gasteiger partial charge in [0.1, 0.15) is 0 Å². The van der Waals surface area contributed by atoms with Crippen LogP contribution in [0.3, 0.4) is 0 Å². The first-order chi connectivity index (χ1) is 12.1. The number of nitrogens with one attached hydrogen (secondary N) is 2. The molecule has 2 N–H and O–H groups in total. The number of carbonyl (C=O) groups excluding carboxylic acids is 2. The second-order valence-corrected chi connectivity index (χ2v) is 6.38. The topological polar surface area (TPSA) is 64.7 Å². The molecule has 6 heteroatoms. The molecule has 0 atom stereocenters. The lowest BCUT2D eigenvalue weighted by molar-refractivity contribution is -0.126. The molecule has 0 radical (unpaired) electrons. The predicted molar refractivity (Wildman–Crippen MR) is 101 cm³/mol. The van der Waals surface area contributed by atoms with Crippen LogP contribution < -0.4 is 10.6 Å². The maximum Gasteiger partial charge on any atom is 0.321 e. The van der Waals surface area contributed by atoms with Gasteiger partial charge >= 0.3 is 6.03 Å². The Bertz CT molecular complexity index is 538. The number of para-hydroxylation sites is 1. The first kappa shape index (κ1) is 19.2. The Morgan fingerprint density at radius 2 is 1.76 bits per heavy atom. The van der Waals surface area contributed by atoms with Crippen molar-refractivity contribution in [3.05, 3.63) is 30.3 Å². The molecule has 1 aliphatic rings. The molecule has 0 saturated carbocycles. The van der Waals surface area contributed by atoms with Gasteiger partial charge in [0.15, 0.2) is 0 Å². The summed E-state index contributed by atoms with van der Waals surface area (Å²) >= 11 is 0. The van der Waals surface area contributed by atoms with Crippen LogP contribution in [0, 0.1) is 5.92 Å². The van der Waals surface area contributed by atoms with Gasteiger partial charge in [0.05, 0.1) is 0 Å². The van der Waals surface area contributed by atoms with Crippen LogP contribution in [0.25, 0.3) is 0 Å². The third-order valence-electron chi connectivity index (χ3n) is 4.80. The average molecular weight is 346 g/mol. The summed E-state index contributed by atoms with van der Waals surface area (Å²) in [6.07, 6.45) is 1.44. The van der Waals surface area contributed by atoms with E-state index in [2.05, 4.69) is 29.4 Å². The van der Waals surface area contributed by atoms with Crippen molar-refractivity contribution in [3.63, 3.8) is 0 Å². The van der Waals surface area contributed by atoms with E-state index >= 15 is 0 Å². The maximum absolute atomic E-state index is 12.3. The monoisotopic (exact) mass is 346 g/mol. The van der Waals surface area contributed by atoms with Crippen LogP contribution in [0.4, 0.5) is 10.5 Å². The van der Waals surface area contributed by atoms with Crippen LogP contribution in [0.15, 0.2) is 30.3 Å². The Morgan fingerprint density at radius 1 is 1.12 bits per heavy atom. The minimum Gasteiger partial charge on any atom is -0.355 e. The molecule has 0 aromatic heterocycles. The Hall–Kier alpha value is -2.08. The Morgan fingerprint density at radius 3 is 2.36 bits per heavy atom. The van der Waals surface area contributed by atoms with Gasteiger partial charge in [0.2, 0.25) is 5.91 Å². The number of piperidine rings is 1. The number of benzene rings is 1. The number of hydrogen-bond donors (Lipinski definition) is 2. The SMILES string of the molecule is CCN(CC)CCNC(=O)C1CCN(C(=O)Nc2ccccc2)CC1. The minimum atomic E-state index is -0.0911. The molecule has 1 fully saturated rings. The number of rotatable bonds is 7. The minimum absolute atomic E-state index is 0.0116. The highest BCUT2D eigenvalue weighted by molar-refractivity contribution is 5.89. The molecule has 0 aliphatic carbocycles. The van der Waals surface area contributed by atoms with Gasteiger partial charge in [-0.15, -0.1) is 0 Å². The van der Waals surface area contributed by atoms with Gasteiger partial charge in [-0.3, -0.25) is 4.79 Å². The van der Waals surface area contributed by atoms with E-state index in [0.717, 1.165) is 38.2 Å². The van der Waals surface area contributed by atoms with Crippen molar-refractivity contribution >= 4 is 17.6 Å². The molecule has 138 valence electrons. The number of anilines is 1. The number of likely N-dealkylation sites (tertiary alicyclic amines) is 1. The fourth-order valence-electron chi connectivity index (χ4n) is 3.09. The standard InChI is InChI=1S/C19H30N4O2/c1-3-22(4-2)15-12-20-18(24)16-10-13-23(14-11-16)19(25)21-17-8-6-5-7-9-17/h5-9,16H,3-4,10-15H2,1-2H3,(H,20,24)(H,21,25). The molecule has 1 heterocycles. The average Bonchev–Trinajstić information content (AvgIpc) is 2.66. The molecule has 1 saturated heterocycles. The van der Waals surface area contributed by atoms with Crippen molar-refractivity contribution in [2.24, 2.45) is 5.92 Å². The number of likely N-dealkylation sites (N-methyl/N-ethyl adjacent to an activating group) is 1. The van der Waals surface area contributed by atoms with Crippen molar-refractivity contribution < 1.29 is 9.59 Å². The first-order valence-electron chi connectivity index (χ1n) is 9.25. The molecule has 2 rings (SSSR count). The molecule has 0 unspecified atom stereocenters. The van der Waals surface area contributed by atoms with Crippen LogP contribution in [0.5, 0.6) is 0 Å². The fourth-order valence-corrected chi connectivity index (χ4v) is 3.09. The summed E-state index contributed by atoms with van der Waals surface area (Å²) in [5.74, 6) is 0.132. The highest BCUT2D eigenvalue weighted by Gasteiger charge is 2.27. The lowest BCUT2D eigenvalue weighted by Crippen LogP contribution is -2.45. The zero-order chi connectivity index (χ0) is 18.1.